The molecule has 2 heterocycles. The van der Waals surface area contributed by atoms with E-state index in [9.17, 15) is 4.79 Å². The minimum atomic E-state index is -0.683. The Morgan fingerprint density at radius 1 is 0.955 bits per heavy atom. The van der Waals surface area contributed by atoms with Crippen molar-refractivity contribution in [2.45, 2.75) is 0 Å². The maximum Gasteiger partial charge on any atom is 0.255 e. The second-order valence-corrected chi connectivity index (χ2v) is 6.07. The monoisotopic (exact) mass is 370 g/mol. The van der Waals surface area contributed by atoms with Gasteiger partial charge < -0.3 is 0 Å². The summed E-state index contributed by atoms with van der Waals surface area (Å²) in [6, 6.07) is 6.94. The van der Waals surface area contributed by atoms with Crippen molar-refractivity contribution < 1.29 is 4.79 Å². The Morgan fingerprint density at radius 2 is 1.64 bits per heavy atom. The molecule has 0 aliphatic carbocycles. The number of nitrogens with zero attached hydrogens (tertiary/aromatic N) is 2. The van der Waals surface area contributed by atoms with Gasteiger partial charge in [-0.25, -0.2) is 0 Å². The molecule has 3 rings (SSSR count). The Morgan fingerprint density at radius 3 is 2.27 bits per heavy atom. The molecule has 0 saturated heterocycles. The fraction of sp³-hybridized carbons (Fsp3) is 0. The average molecular weight is 372 g/mol. The van der Waals surface area contributed by atoms with Crippen molar-refractivity contribution in [1.82, 2.24) is 9.97 Å². The van der Waals surface area contributed by atoms with E-state index < -0.39 is 5.24 Å². The highest BCUT2D eigenvalue weighted by Crippen LogP contribution is 2.34. The van der Waals surface area contributed by atoms with Gasteiger partial charge in [-0.3, -0.25) is 14.8 Å². The van der Waals surface area contributed by atoms with Crippen molar-refractivity contribution in [1.29, 1.82) is 0 Å². The van der Waals surface area contributed by atoms with E-state index >= 15 is 0 Å². The van der Waals surface area contributed by atoms with E-state index in [2.05, 4.69) is 9.97 Å². The van der Waals surface area contributed by atoms with Crippen molar-refractivity contribution in [2.24, 2.45) is 0 Å². The quantitative estimate of drug-likeness (QED) is 0.547. The standard InChI is InChI=1S/C15H6Cl4N2O/c16-8-3-7(4-9(17)5-8)10-1-2-20-14-12(18)11(15(19)22)6-21-13(10)14/h1-6H. The number of hydrogen-bond donors (Lipinski definition) is 0. The predicted octanol–water partition coefficient (Wildman–Crippen LogP) is 5.64. The molecule has 3 nitrogen and oxygen atoms in total. The van der Waals surface area contributed by atoms with Gasteiger partial charge in [0, 0.05) is 28.0 Å². The van der Waals surface area contributed by atoms with Gasteiger partial charge in [-0.05, 0) is 41.4 Å². The lowest BCUT2D eigenvalue weighted by Crippen LogP contribution is -1.96. The summed E-state index contributed by atoms with van der Waals surface area (Å²) < 4.78 is 0. The van der Waals surface area contributed by atoms with Gasteiger partial charge in [0.15, 0.2) is 0 Å². The van der Waals surface area contributed by atoms with Crippen LogP contribution in [0.5, 0.6) is 0 Å². The number of hydrogen-bond acceptors (Lipinski definition) is 3. The summed E-state index contributed by atoms with van der Waals surface area (Å²) in [5.74, 6) is 0. The highest BCUT2D eigenvalue weighted by atomic mass is 35.5. The number of pyridine rings is 2. The Balaban J connectivity index is 2.32. The Labute approximate surface area is 145 Å². The summed E-state index contributed by atoms with van der Waals surface area (Å²) in [7, 11) is 0. The molecule has 0 fully saturated rings. The molecular weight excluding hydrogens is 366 g/mol. The topological polar surface area (TPSA) is 42.9 Å². The maximum absolute atomic E-state index is 11.3. The molecule has 7 heteroatoms. The molecule has 0 amide bonds. The van der Waals surface area contributed by atoms with E-state index in [1.165, 1.54) is 6.20 Å². The normalized spacial score (nSPS) is 10.9. The van der Waals surface area contributed by atoms with Crippen LogP contribution in [-0.4, -0.2) is 15.2 Å². The van der Waals surface area contributed by atoms with Crippen LogP contribution < -0.4 is 0 Å². The zero-order valence-electron chi connectivity index (χ0n) is 10.8. The van der Waals surface area contributed by atoms with Crippen LogP contribution in [0, 0.1) is 0 Å². The van der Waals surface area contributed by atoms with E-state index in [1.54, 1.807) is 30.5 Å². The van der Waals surface area contributed by atoms with Crippen molar-refractivity contribution in [3.05, 3.63) is 57.3 Å². The second kappa shape index (κ2) is 6.01. The third-order valence-corrected chi connectivity index (χ3v) is 4.10. The Kier molecular flexibility index (Phi) is 4.24. The van der Waals surface area contributed by atoms with Crippen LogP contribution >= 0.6 is 46.4 Å². The van der Waals surface area contributed by atoms with Crippen LogP contribution in [-0.2, 0) is 0 Å². The lowest BCUT2D eigenvalue weighted by atomic mass is 10.0. The number of halogens is 4. The largest absolute Gasteiger partial charge is 0.275 e. The molecule has 0 aliphatic heterocycles. The second-order valence-electron chi connectivity index (χ2n) is 4.47. The fourth-order valence-corrected chi connectivity index (χ4v) is 3.13. The van der Waals surface area contributed by atoms with Crippen LogP contribution in [0.2, 0.25) is 15.1 Å². The smallest absolute Gasteiger partial charge is 0.255 e. The average Bonchev–Trinajstić information content (AvgIpc) is 2.45. The van der Waals surface area contributed by atoms with Crippen molar-refractivity contribution in [3.63, 3.8) is 0 Å². The van der Waals surface area contributed by atoms with E-state index in [1.807, 2.05) is 0 Å². The predicted molar refractivity (Wildman–Crippen MR) is 90.2 cm³/mol. The molecule has 1 aromatic carbocycles. The first-order chi connectivity index (χ1) is 10.5. The van der Waals surface area contributed by atoms with Crippen LogP contribution in [0.4, 0.5) is 0 Å². The van der Waals surface area contributed by atoms with Gasteiger partial charge in [-0.1, -0.05) is 34.8 Å². The molecule has 0 N–H and O–H groups in total. The van der Waals surface area contributed by atoms with E-state index in [0.717, 1.165) is 11.1 Å². The van der Waals surface area contributed by atoms with Gasteiger partial charge in [0.05, 0.1) is 16.1 Å². The molecule has 0 spiro atoms. The number of fused-ring (bicyclic) bond motifs is 1. The summed E-state index contributed by atoms with van der Waals surface area (Å²) in [6.45, 7) is 0. The maximum atomic E-state index is 11.3. The molecule has 0 unspecified atom stereocenters. The summed E-state index contributed by atoms with van der Waals surface area (Å²) in [5, 5.41) is 0.495. The van der Waals surface area contributed by atoms with Crippen molar-refractivity contribution in [2.75, 3.05) is 0 Å². The minimum Gasteiger partial charge on any atom is -0.275 e. The number of aromatic nitrogens is 2. The molecule has 22 heavy (non-hydrogen) atoms. The van der Waals surface area contributed by atoms with Crippen LogP contribution in [0.1, 0.15) is 10.4 Å². The lowest BCUT2D eigenvalue weighted by Gasteiger charge is -2.09. The molecule has 3 aromatic rings. The first-order valence-corrected chi connectivity index (χ1v) is 7.58. The van der Waals surface area contributed by atoms with Gasteiger partial charge >= 0.3 is 0 Å². The van der Waals surface area contributed by atoms with E-state index in [-0.39, 0.29) is 10.6 Å². The molecule has 0 saturated carbocycles. The zero-order chi connectivity index (χ0) is 15.9. The highest BCUT2D eigenvalue weighted by Gasteiger charge is 2.16. The minimum absolute atomic E-state index is 0.115. The molecule has 110 valence electrons. The van der Waals surface area contributed by atoms with Crippen molar-refractivity contribution in [3.8, 4) is 11.1 Å². The number of rotatable bonds is 2. The lowest BCUT2D eigenvalue weighted by molar-refractivity contribution is 0.108. The van der Waals surface area contributed by atoms with Gasteiger partial charge in [-0.15, -0.1) is 0 Å². The Bertz CT molecular complexity index is 891. The van der Waals surface area contributed by atoms with Crippen LogP contribution in [0.3, 0.4) is 0 Å². The summed E-state index contributed by atoms with van der Waals surface area (Å²) in [4.78, 5) is 19.8. The van der Waals surface area contributed by atoms with Gasteiger partial charge in [0.25, 0.3) is 5.24 Å². The van der Waals surface area contributed by atoms with Crippen LogP contribution in [0.25, 0.3) is 22.2 Å². The molecule has 0 bridgehead atoms. The molecule has 0 radical (unpaired) electrons. The summed E-state index contributed by atoms with van der Waals surface area (Å²) in [6.07, 6.45) is 2.90. The molecule has 0 aliphatic rings. The first kappa shape index (κ1) is 15.5. The van der Waals surface area contributed by atoms with Crippen molar-refractivity contribution >= 4 is 62.7 Å². The van der Waals surface area contributed by atoms with Gasteiger partial charge in [-0.2, -0.15) is 0 Å². The van der Waals surface area contributed by atoms with Gasteiger partial charge in [0.1, 0.15) is 5.52 Å². The summed E-state index contributed by atoms with van der Waals surface area (Å²) >= 11 is 23.8. The summed E-state index contributed by atoms with van der Waals surface area (Å²) in [5.41, 5.74) is 2.57. The highest BCUT2D eigenvalue weighted by molar-refractivity contribution is 6.69. The van der Waals surface area contributed by atoms with E-state index in [0.29, 0.717) is 21.1 Å². The third-order valence-electron chi connectivity index (χ3n) is 3.08. The SMILES string of the molecule is O=C(Cl)c1cnc2c(-c3cc(Cl)cc(Cl)c3)ccnc2c1Cl. The van der Waals surface area contributed by atoms with E-state index in [4.69, 9.17) is 46.4 Å². The molecule has 2 aromatic heterocycles. The number of benzene rings is 1. The molecular formula is C15H6Cl4N2O. The Hall–Kier alpha value is -1.39. The third kappa shape index (κ3) is 2.77. The fourth-order valence-electron chi connectivity index (χ4n) is 2.14. The zero-order valence-corrected chi connectivity index (χ0v) is 13.8. The number of carbonyl (C=O) groups excluding carboxylic acids is 1. The van der Waals surface area contributed by atoms with Gasteiger partial charge in [0.2, 0.25) is 0 Å². The van der Waals surface area contributed by atoms with Crippen LogP contribution in [0.15, 0.2) is 36.7 Å². The molecule has 0 atom stereocenters. The first-order valence-electron chi connectivity index (χ1n) is 6.07. The number of carbonyl (C=O) groups is 1.